The molecule has 3 unspecified atom stereocenters. The van der Waals surface area contributed by atoms with Gasteiger partial charge in [-0.2, -0.15) is 5.10 Å². The van der Waals surface area contributed by atoms with E-state index in [1.165, 1.54) is 18.9 Å². The number of carbonyl (C=O) groups is 1. The average molecular weight is 592 g/mol. The van der Waals surface area contributed by atoms with Crippen molar-refractivity contribution in [2.24, 2.45) is 0 Å². The SMILES string of the molecule is C=CC(=O)NCCC(C)NC1c2ccc(-n3c(-c4cccnc4N)nc4ccc(-n5ccc(C6CC6)n5)nc43)cc2CC1F. The van der Waals surface area contributed by atoms with Crippen molar-refractivity contribution in [2.45, 2.75) is 56.8 Å². The molecule has 1 fully saturated rings. The highest BCUT2D eigenvalue weighted by atomic mass is 19.1. The predicted molar refractivity (Wildman–Crippen MR) is 167 cm³/mol. The van der Waals surface area contributed by atoms with Crippen LogP contribution in [0.3, 0.4) is 0 Å². The molecule has 2 aliphatic rings. The monoisotopic (exact) mass is 591 g/mol. The first-order valence-corrected chi connectivity index (χ1v) is 15.0. The third-order valence-electron chi connectivity index (χ3n) is 8.43. The molecule has 0 bridgehead atoms. The minimum atomic E-state index is -1.08. The lowest BCUT2D eigenvalue weighted by Gasteiger charge is -2.22. The van der Waals surface area contributed by atoms with E-state index in [0.29, 0.717) is 53.1 Å². The molecule has 0 radical (unpaired) electrons. The number of aromatic nitrogens is 6. The second-order valence-electron chi connectivity index (χ2n) is 11.6. The van der Waals surface area contributed by atoms with Crippen LogP contribution in [0.1, 0.15) is 55.0 Å². The zero-order valence-electron chi connectivity index (χ0n) is 24.4. The molecule has 0 aliphatic heterocycles. The highest BCUT2D eigenvalue weighted by Gasteiger charge is 2.34. The van der Waals surface area contributed by atoms with Crippen molar-refractivity contribution in [3.63, 3.8) is 0 Å². The molecule has 224 valence electrons. The molecular formula is C33H34FN9O. The predicted octanol–water partition coefficient (Wildman–Crippen LogP) is 4.73. The number of halogens is 1. The lowest BCUT2D eigenvalue weighted by Crippen LogP contribution is -2.36. The molecule has 2 aliphatic carbocycles. The minimum absolute atomic E-state index is 0.00269. The number of nitrogens with one attached hydrogen (secondary N) is 2. The van der Waals surface area contributed by atoms with Gasteiger partial charge in [-0.25, -0.2) is 24.0 Å². The van der Waals surface area contributed by atoms with Crippen LogP contribution in [0.25, 0.3) is 34.1 Å². The highest BCUT2D eigenvalue weighted by Crippen LogP contribution is 2.40. The molecule has 4 N–H and O–H groups in total. The van der Waals surface area contributed by atoms with Gasteiger partial charge in [-0.05, 0) is 85.9 Å². The fourth-order valence-electron chi connectivity index (χ4n) is 5.97. The molecule has 1 saturated carbocycles. The molecule has 7 rings (SSSR count). The molecule has 44 heavy (non-hydrogen) atoms. The van der Waals surface area contributed by atoms with Crippen LogP contribution in [0, 0.1) is 0 Å². The Morgan fingerprint density at radius 1 is 1.20 bits per heavy atom. The maximum atomic E-state index is 15.5. The molecule has 10 nitrogen and oxygen atoms in total. The zero-order valence-corrected chi connectivity index (χ0v) is 24.4. The Kier molecular flexibility index (Phi) is 7.17. The first-order chi connectivity index (χ1) is 21.4. The van der Waals surface area contributed by atoms with E-state index in [1.807, 2.05) is 60.2 Å². The summed E-state index contributed by atoms with van der Waals surface area (Å²) in [6.07, 6.45) is 7.06. The van der Waals surface area contributed by atoms with Crippen LogP contribution in [0.5, 0.6) is 0 Å². The Bertz CT molecular complexity index is 1870. The standard InChI is InChI=1S/C33H34FN9O/c1-3-29(44)36-15-12-19(2)38-30-23-9-8-22(17-21(23)18-25(30)34)43-32(24-5-4-14-37-31(24)35)39-27-10-11-28(40-33(27)43)42-16-13-26(41-42)20-6-7-20/h3-5,8-11,13-14,16-17,19-20,25,30,38H,1,6-7,12,15,18H2,2H3,(H2,35,37)(H,36,44). The number of fused-ring (bicyclic) bond motifs is 2. The molecule has 11 heteroatoms. The number of nitrogen functional groups attached to an aromatic ring is 1. The maximum Gasteiger partial charge on any atom is 0.243 e. The van der Waals surface area contributed by atoms with Crippen LogP contribution in [0.15, 0.2) is 73.6 Å². The Morgan fingerprint density at radius 3 is 2.86 bits per heavy atom. The number of imidazole rings is 1. The zero-order chi connectivity index (χ0) is 30.4. The molecule has 4 aromatic heterocycles. The quantitative estimate of drug-likeness (QED) is 0.200. The van der Waals surface area contributed by atoms with Crippen LogP contribution in [-0.4, -0.2) is 54.0 Å². The first kappa shape index (κ1) is 27.9. The van der Waals surface area contributed by atoms with Gasteiger partial charge >= 0.3 is 0 Å². The summed E-state index contributed by atoms with van der Waals surface area (Å²) in [7, 11) is 0. The van der Waals surface area contributed by atoms with Gasteiger partial charge in [0.2, 0.25) is 5.91 Å². The third-order valence-corrected chi connectivity index (χ3v) is 8.43. The average Bonchev–Trinajstić information content (AvgIpc) is 3.50. The number of hydrogen-bond acceptors (Lipinski definition) is 7. The minimum Gasteiger partial charge on any atom is -0.383 e. The summed E-state index contributed by atoms with van der Waals surface area (Å²) >= 11 is 0. The van der Waals surface area contributed by atoms with Gasteiger partial charge in [-0.15, -0.1) is 0 Å². The Hall–Kier alpha value is -4.90. The van der Waals surface area contributed by atoms with Gasteiger partial charge < -0.3 is 16.4 Å². The number of carbonyl (C=O) groups excluding carboxylic acids is 1. The van der Waals surface area contributed by atoms with Crippen LogP contribution < -0.4 is 16.4 Å². The molecule has 5 aromatic rings. The number of pyridine rings is 2. The summed E-state index contributed by atoms with van der Waals surface area (Å²) in [6.45, 7) is 5.95. The van der Waals surface area contributed by atoms with Crippen molar-refractivity contribution in [1.82, 2.24) is 39.9 Å². The van der Waals surface area contributed by atoms with E-state index in [4.69, 9.17) is 20.8 Å². The van der Waals surface area contributed by atoms with Crippen molar-refractivity contribution >= 4 is 22.9 Å². The fraction of sp³-hybridized carbons (Fsp3) is 0.303. The van der Waals surface area contributed by atoms with Gasteiger partial charge in [-0.3, -0.25) is 9.36 Å². The van der Waals surface area contributed by atoms with Crippen molar-refractivity contribution in [2.75, 3.05) is 12.3 Å². The first-order valence-electron chi connectivity index (χ1n) is 15.0. The molecular weight excluding hydrogens is 557 g/mol. The van der Waals surface area contributed by atoms with E-state index < -0.39 is 12.2 Å². The van der Waals surface area contributed by atoms with Crippen LogP contribution in [-0.2, 0) is 11.2 Å². The van der Waals surface area contributed by atoms with E-state index in [2.05, 4.69) is 28.3 Å². The summed E-state index contributed by atoms with van der Waals surface area (Å²) in [5, 5.41) is 11.0. The largest absolute Gasteiger partial charge is 0.383 e. The number of anilines is 1. The maximum absolute atomic E-state index is 15.5. The van der Waals surface area contributed by atoms with E-state index in [9.17, 15) is 4.79 Å². The summed E-state index contributed by atoms with van der Waals surface area (Å²) in [4.78, 5) is 25.7. The third kappa shape index (κ3) is 5.24. The van der Waals surface area contributed by atoms with E-state index in [0.717, 1.165) is 22.5 Å². The molecule has 4 heterocycles. The summed E-state index contributed by atoms with van der Waals surface area (Å²) < 4.78 is 19.2. The number of nitrogens with zero attached hydrogens (tertiary/aromatic N) is 6. The number of alkyl halides is 1. The Balaban J connectivity index is 1.25. The van der Waals surface area contributed by atoms with Crippen molar-refractivity contribution in [3.8, 4) is 22.9 Å². The number of benzene rings is 1. The second kappa shape index (κ2) is 11.3. The number of nitrogens with two attached hydrogens (primary N) is 1. The van der Waals surface area contributed by atoms with Gasteiger partial charge in [0.05, 0.1) is 17.3 Å². The van der Waals surface area contributed by atoms with Crippen molar-refractivity contribution in [1.29, 1.82) is 0 Å². The molecule has 0 saturated heterocycles. The Labute approximate surface area is 254 Å². The Morgan fingerprint density at radius 2 is 2.07 bits per heavy atom. The summed E-state index contributed by atoms with van der Waals surface area (Å²) in [5.74, 6) is 1.97. The summed E-state index contributed by atoms with van der Waals surface area (Å²) in [5.41, 5.74) is 12.1. The molecule has 3 atom stereocenters. The van der Waals surface area contributed by atoms with Gasteiger partial charge in [0.1, 0.15) is 17.5 Å². The van der Waals surface area contributed by atoms with Crippen molar-refractivity contribution in [3.05, 3.63) is 90.4 Å². The van der Waals surface area contributed by atoms with Crippen LogP contribution in [0.4, 0.5) is 10.2 Å². The molecule has 1 aromatic carbocycles. The normalized spacial score (nSPS) is 18.3. The van der Waals surface area contributed by atoms with Crippen molar-refractivity contribution < 1.29 is 9.18 Å². The molecule has 0 spiro atoms. The van der Waals surface area contributed by atoms with Gasteiger partial charge in [0, 0.05) is 43.0 Å². The van der Waals surface area contributed by atoms with Gasteiger partial charge in [0.25, 0.3) is 0 Å². The van der Waals surface area contributed by atoms with Crippen LogP contribution in [0.2, 0.25) is 0 Å². The highest BCUT2D eigenvalue weighted by molar-refractivity contribution is 5.86. The smallest absolute Gasteiger partial charge is 0.243 e. The van der Waals surface area contributed by atoms with Gasteiger partial charge in [-0.1, -0.05) is 12.6 Å². The number of rotatable bonds is 10. The van der Waals surface area contributed by atoms with E-state index in [-0.39, 0.29) is 18.4 Å². The van der Waals surface area contributed by atoms with Crippen LogP contribution >= 0.6 is 0 Å². The lowest BCUT2D eigenvalue weighted by atomic mass is 10.1. The topological polar surface area (TPSA) is 129 Å². The lowest BCUT2D eigenvalue weighted by molar-refractivity contribution is -0.116. The fourth-order valence-corrected chi connectivity index (χ4v) is 5.97. The number of hydrogen-bond donors (Lipinski definition) is 3. The second-order valence-corrected chi connectivity index (χ2v) is 11.6. The van der Waals surface area contributed by atoms with Gasteiger partial charge in [0.15, 0.2) is 17.3 Å². The summed E-state index contributed by atoms with van der Waals surface area (Å²) in [6, 6.07) is 15.2. The molecule has 1 amide bonds. The van der Waals surface area contributed by atoms with E-state index >= 15 is 4.39 Å². The number of amides is 1. The van der Waals surface area contributed by atoms with E-state index in [1.54, 1.807) is 10.9 Å².